The van der Waals surface area contributed by atoms with E-state index in [0.717, 1.165) is 23.3 Å². The third kappa shape index (κ3) is 4.85. The molecule has 114 valence electrons. The molecule has 5 heteroatoms. The number of Topliss-reactive ketones (excluding diaryl/α,β-unsaturated/α-hetero) is 2. The highest BCUT2D eigenvalue weighted by Gasteiger charge is 2.39. The summed E-state index contributed by atoms with van der Waals surface area (Å²) in [6.45, 7) is 3.90. The summed E-state index contributed by atoms with van der Waals surface area (Å²) < 4.78 is 36.5. The van der Waals surface area contributed by atoms with Crippen LogP contribution in [0.2, 0.25) is 0 Å². The van der Waals surface area contributed by atoms with E-state index in [9.17, 15) is 22.8 Å². The molecular weight excluding hydrogens is 281 g/mol. The van der Waals surface area contributed by atoms with Crippen LogP contribution in [0.4, 0.5) is 13.2 Å². The molecular formula is C16H17F3O2. The second-order valence-electron chi connectivity index (χ2n) is 4.59. The van der Waals surface area contributed by atoms with Gasteiger partial charge in [0.2, 0.25) is 5.78 Å². The SMILES string of the molecule is CCC=c1ccc(C(=O)CC(=O)C(F)(F)F)cc1=CCC. The van der Waals surface area contributed by atoms with Crippen molar-refractivity contribution in [1.29, 1.82) is 0 Å². The Morgan fingerprint density at radius 2 is 1.62 bits per heavy atom. The molecule has 0 unspecified atom stereocenters. The second kappa shape index (κ2) is 7.20. The van der Waals surface area contributed by atoms with Gasteiger partial charge in [-0.1, -0.05) is 38.1 Å². The van der Waals surface area contributed by atoms with Crippen LogP contribution >= 0.6 is 0 Å². The molecule has 21 heavy (non-hydrogen) atoms. The number of alkyl halides is 3. The highest BCUT2D eigenvalue weighted by atomic mass is 19.4. The minimum atomic E-state index is -4.97. The number of rotatable bonds is 5. The summed E-state index contributed by atoms with van der Waals surface area (Å²) in [5.41, 5.74) is 0.126. The van der Waals surface area contributed by atoms with E-state index >= 15 is 0 Å². The van der Waals surface area contributed by atoms with Gasteiger partial charge in [0.25, 0.3) is 0 Å². The van der Waals surface area contributed by atoms with E-state index < -0.39 is 24.2 Å². The summed E-state index contributed by atoms with van der Waals surface area (Å²) in [6.07, 6.45) is -0.704. The van der Waals surface area contributed by atoms with Crippen LogP contribution in [0.15, 0.2) is 18.2 Å². The van der Waals surface area contributed by atoms with Crippen molar-refractivity contribution in [2.75, 3.05) is 0 Å². The van der Waals surface area contributed by atoms with E-state index in [-0.39, 0.29) is 5.56 Å². The zero-order valence-electron chi connectivity index (χ0n) is 12.0. The van der Waals surface area contributed by atoms with Crippen molar-refractivity contribution in [1.82, 2.24) is 0 Å². The smallest absolute Gasteiger partial charge is 0.294 e. The number of carbonyl (C=O) groups excluding carboxylic acids is 2. The predicted octanol–water partition coefficient (Wildman–Crippen LogP) is 2.77. The molecule has 0 spiro atoms. The molecule has 0 amide bonds. The molecule has 0 heterocycles. The Bertz CT molecular complexity index is 642. The summed E-state index contributed by atoms with van der Waals surface area (Å²) >= 11 is 0. The number of carbonyl (C=O) groups is 2. The van der Waals surface area contributed by atoms with Crippen LogP contribution in [-0.2, 0) is 4.79 Å². The van der Waals surface area contributed by atoms with E-state index in [0.29, 0.717) is 0 Å². The molecule has 0 fully saturated rings. The number of hydrogen-bond donors (Lipinski definition) is 0. The lowest BCUT2D eigenvalue weighted by Crippen LogP contribution is -2.28. The van der Waals surface area contributed by atoms with Crippen LogP contribution in [0, 0.1) is 0 Å². The van der Waals surface area contributed by atoms with Crippen molar-refractivity contribution in [3.8, 4) is 0 Å². The van der Waals surface area contributed by atoms with Gasteiger partial charge in [0.1, 0.15) is 0 Å². The summed E-state index contributed by atoms with van der Waals surface area (Å²) in [5, 5.41) is 1.72. The maximum Gasteiger partial charge on any atom is 0.450 e. The fourth-order valence-corrected chi connectivity index (χ4v) is 1.90. The molecule has 2 nitrogen and oxygen atoms in total. The van der Waals surface area contributed by atoms with Gasteiger partial charge in [-0.05, 0) is 29.3 Å². The maximum atomic E-state index is 12.2. The molecule has 0 saturated heterocycles. The van der Waals surface area contributed by atoms with Crippen molar-refractivity contribution in [3.63, 3.8) is 0 Å². The van der Waals surface area contributed by atoms with Crippen LogP contribution < -0.4 is 10.4 Å². The van der Waals surface area contributed by atoms with Gasteiger partial charge >= 0.3 is 6.18 Å². The van der Waals surface area contributed by atoms with Gasteiger partial charge in [0.15, 0.2) is 5.78 Å². The monoisotopic (exact) mass is 298 g/mol. The largest absolute Gasteiger partial charge is 0.450 e. The minimum Gasteiger partial charge on any atom is -0.294 e. The number of halogens is 3. The third-order valence-electron chi connectivity index (χ3n) is 2.89. The first-order chi connectivity index (χ1) is 9.79. The predicted molar refractivity (Wildman–Crippen MR) is 75.2 cm³/mol. The molecule has 1 aromatic carbocycles. The fraction of sp³-hybridized carbons (Fsp3) is 0.375. The van der Waals surface area contributed by atoms with Crippen molar-refractivity contribution >= 4 is 23.7 Å². The Balaban J connectivity index is 3.13. The van der Waals surface area contributed by atoms with E-state index in [4.69, 9.17) is 0 Å². The van der Waals surface area contributed by atoms with Crippen molar-refractivity contribution in [2.24, 2.45) is 0 Å². The Morgan fingerprint density at radius 1 is 1.05 bits per heavy atom. The Kier molecular flexibility index (Phi) is 5.88. The first-order valence-corrected chi connectivity index (χ1v) is 6.73. The average molecular weight is 298 g/mol. The van der Waals surface area contributed by atoms with Crippen molar-refractivity contribution in [2.45, 2.75) is 39.3 Å². The molecule has 0 radical (unpaired) electrons. The van der Waals surface area contributed by atoms with E-state index in [1.165, 1.54) is 12.1 Å². The maximum absolute atomic E-state index is 12.2. The molecule has 0 atom stereocenters. The summed E-state index contributed by atoms with van der Waals surface area (Å²) in [4.78, 5) is 22.7. The summed E-state index contributed by atoms with van der Waals surface area (Å²) in [6, 6.07) is 4.69. The lowest BCUT2D eigenvalue weighted by Gasteiger charge is -2.05. The Labute approximate surface area is 121 Å². The van der Waals surface area contributed by atoms with Crippen LogP contribution in [0.1, 0.15) is 43.5 Å². The lowest BCUT2D eigenvalue weighted by molar-refractivity contribution is -0.170. The standard InChI is InChI=1S/C16H17F3O2/c1-3-5-11-7-8-13(9-12(11)6-4-2)14(20)10-15(21)16(17,18)19/h5-9H,3-4,10H2,1-2H3. The first-order valence-electron chi connectivity index (χ1n) is 6.73. The molecule has 0 aliphatic heterocycles. The van der Waals surface area contributed by atoms with E-state index in [2.05, 4.69) is 0 Å². The Hall–Kier alpha value is -1.91. The number of ketones is 2. The van der Waals surface area contributed by atoms with Gasteiger partial charge in [-0.3, -0.25) is 9.59 Å². The molecule has 0 aliphatic rings. The first kappa shape index (κ1) is 17.1. The van der Waals surface area contributed by atoms with Crippen LogP contribution in [-0.4, -0.2) is 17.7 Å². The van der Waals surface area contributed by atoms with E-state index in [1.807, 2.05) is 26.0 Å². The van der Waals surface area contributed by atoms with Gasteiger partial charge in [0, 0.05) is 5.56 Å². The van der Waals surface area contributed by atoms with Gasteiger partial charge in [-0.2, -0.15) is 13.2 Å². The molecule has 0 aliphatic carbocycles. The van der Waals surface area contributed by atoms with Gasteiger partial charge in [-0.15, -0.1) is 0 Å². The fourth-order valence-electron chi connectivity index (χ4n) is 1.90. The van der Waals surface area contributed by atoms with Gasteiger partial charge in [-0.25, -0.2) is 0 Å². The zero-order chi connectivity index (χ0) is 16.0. The lowest BCUT2D eigenvalue weighted by atomic mass is 10.0. The summed E-state index contributed by atoms with van der Waals surface area (Å²) in [7, 11) is 0. The Morgan fingerprint density at radius 3 is 2.14 bits per heavy atom. The number of benzene rings is 1. The summed E-state index contributed by atoms with van der Waals surface area (Å²) in [5.74, 6) is -2.83. The van der Waals surface area contributed by atoms with Crippen LogP contribution in [0.3, 0.4) is 0 Å². The molecule has 1 rings (SSSR count). The quantitative estimate of drug-likeness (QED) is 0.619. The highest BCUT2D eigenvalue weighted by Crippen LogP contribution is 2.18. The van der Waals surface area contributed by atoms with Crippen LogP contribution in [0.25, 0.3) is 12.2 Å². The molecule has 0 bridgehead atoms. The molecule has 0 N–H and O–H groups in total. The van der Waals surface area contributed by atoms with Crippen LogP contribution in [0.5, 0.6) is 0 Å². The normalized spacial score (nSPS) is 13.6. The third-order valence-corrected chi connectivity index (χ3v) is 2.89. The van der Waals surface area contributed by atoms with Gasteiger partial charge in [0.05, 0.1) is 6.42 Å². The topological polar surface area (TPSA) is 34.1 Å². The molecule has 0 saturated carbocycles. The van der Waals surface area contributed by atoms with Crippen molar-refractivity contribution in [3.05, 3.63) is 34.2 Å². The molecule has 0 aromatic heterocycles. The number of hydrogen-bond acceptors (Lipinski definition) is 2. The zero-order valence-corrected chi connectivity index (χ0v) is 12.0. The minimum absolute atomic E-state index is 0.126. The second-order valence-corrected chi connectivity index (χ2v) is 4.59. The van der Waals surface area contributed by atoms with E-state index in [1.54, 1.807) is 6.07 Å². The van der Waals surface area contributed by atoms with Gasteiger partial charge < -0.3 is 0 Å². The average Bonchev–Trinajstić information content (AvgIpc) is 2.40. The highest BCUT2D eigenvalue weighted by molar-refractivity contribution is 6.09. The van der Waals surface area contributed by atoms with Crippen molar-refractivity contribution < 1.29 is 22.8 Å². The molecule has 1 aromatic rings.